The van der Waals surface area contributed by atoms with Crippen LogP contribution in [0.2, 0.25) is 0 Å². The molecule has 7 heteroatoms. The van der Waals surface area contributed by atoms with Crippen LogP contribution < -0.4 is 5.32 Å². The van der Waals surface area contributed by atoms with Gasteiger partial charge in [-0.25, -0.2) is 4.39 Å². The Labute approximate surface area is 186 Å². The first kappa shape index (κ1) is 20.7. The van der Waals surface area contributed by atoms with Crippen molar-refractivity contribution in [2.75, 3.05) is 13.2 Å². The molecule has 1 saturated carbocycles. The Balaban J connectivity index is 1.54. The maximum absolute atomic E-state index is 13.7. The molecule has 0 aromatic heterocycles. The fourth-order valence-electron chi connectivity index (χ4n) is 4.99. The van der Waals surface area contributed by atoms with Crippen molar-refractivity contribution in [2.45, 2.75) is 44.2 Å². The zero-order valence-corrected chi connectivity index (χ0v) is 17.8. The van der Waals surface area contributed by atoms with Crippen molar-refractivity contribution >= 4 is 17.5 Å². The first-order valence-electron chi connectivity index (χ1n) is 11.3. The van der Waals surface area contributed by atoms with Gasteiger partial charge >= 0.3 is 0 Å². The molecule has 2 aromatic carbocycles. The van der Waals surface area contributed by atoms with Gasteiger partial charge in [0.25, 0.3) is 5.91 Å². The molecular weight excluding hydrogens is 409 g/mol. The van der Waals surface area contributed by atoms with Crippen LogP contribution in [0, 0.1) is 11.7 Å². The first-order chi connectivity index (χ1) is 15.6. The Bertz CT molecular complexity index is 1050. The van der Waals surface area contributed by atoms with E-state index in [1.807, 2.05) is 12.1 Å². The van der Waals surface area contributed by atoms with E-state index in [9.17, 15) is 14.0 Å². The SMILES string of the molecule is O=C(NC1CCCCC1)C(c1ccc(F)cc1)N1CC2CON=C2c2ccccc2C1=O. The second kappa shape index (κ2) is 8.73. The molecule has 1 N–H and O–H groups in total. The Kier molecular flexibility index (Phi) is 5.64. The number of oxime groups is 1. The molecule has 2 aliphatic heterocycles. The van der Waals surface area contributed by atoms with Crippen LogP contribution in [0.3, 0.4) is 0 Å². The Morgan fingerprint density at radius 3 is 2.53 bits per heavy atom. The van der Waals surface area contributed by atoms with Gasteiger partial charge < -0.3 is 15.1 Å². The number of nitrogens with one attached hydrogen (secondary N) is 1. The van der Waals surface area contributed by atoms with Gasteiger partial charge in [0.1, 0.15) is 18.5 Å². The summed E-state index contributed by atoms with van der Waals surface area (Å²) in [6.07, 6.45) is 5.22. The van der Waals surface area contributed by atoms with E-state index in [0.717, 1.165) is 37.0 Å². The molecule has 0 radical (unpaired) electrons. The summed E-state index contributed by atoms with van der Waals surface area (Å²) in [4.78, 5) is 34.3. The van der Waals surface area contributed by atoms with Crippen molar-refractivity contribution in [3.63, 3.8) is 0 Å². The number of benzene rings is 2. The molecule has 2 aromatic rings. The minimum atomic E-state index is -0.863. The normalized spacial score (nSPS) is 21.7. The predicted molar refractivity (Wildman–Crippen MR) is 118 cm³/mol. The van der Waals surface area contributed by atoms with E-state index in [0.29, 0.717) is 24.3 Å². The molecule has 32 heavy (non-hydrogen) atoms. The molecule has 2 amide bonds. The number of hydrogen-bond donors (Lipinski definition) is 1. The van der Waals surface area contributed by atoms with Gasteiger partial charge in [-0.1, -0.05) is 54.8 Å². The van der Waals surface area contributed by atoms with Gasteiger partial charge in [-0.2, -0.15) is 0 Å². The van der Waals surface area contributed by atoms with Gasteiger partial charge in [0.05, 0.1) is 11.6 Å². The van der Waals surface area contributed by atoms with E-state index in [2.05, 4.69) is 10.5 Å². The molecule has 2 atom stereocenters. The van der Waals surface area contributed by atoms with E-state index in [-0.39, 0.29) is 29.6 Å². The summed E-state index contributed by atoms with van der Waals surface area (Å²) >= 11 is 0. The number of amides is 2. The number of halogens is 1. The molecule has 2 unspecified atom stereocenters. The molecule has 6 nitrogen and oxygen atoms in total. The van der Waals surface area contributed by atoms with Crippen LogP contribution >= 0.6 is 0 Å². The summed E-state index contributed by atoms with van der Waals surface area (Å²) in [5, 5.41) is 7.36. The average Bonchev–Trinajstić information content (AvgIpc) is 3.24. The Morgan fingerprint density at radius 2 is 1.78 bits per heavy atom. The number of hydrogen-bond acceptors (Lipinski definition) is 4. The molecule has 1 aliphatic carbocycles. The minimum absolute atomic E-state index is 0.0977. The minimum Gasteiger partial charge on any atom is -0.395 e. The highest BCUT2D eigenvalue weighted by Crippen LogP contribution is 2.32. The quantitative estimate of drug-likeness (QED) is 0.794. The zero-order valence-electron chi connectivity index (χ0n) is 17.8. The fourth-order valence-corrected chi connectivity index (χ4v) is 4.99. The van der Waals surface area contributed by atoms with Gasteiger partial charge in [0.15, 0.2) is 0 Å². The van der Waals surface area contributed by atoms with Gasteiger partial charge in [-0.05, 0) is 36.6 Å². The molecule has 3 aliphatic rings. The van der Waals surface area contributed by atoms with Crippen molar-refractivity contribution in [1.29, 1.82) is 0 Å². The zero-order chi connectivity index (χ0) is 22.1. The Morgan fingerprint density at radius 1 is 1.06 bits per heavy atom. The summed E-state index contributed by atoms with van der Waals surface area (Å²) < 4.78 is 13.7. The molecule has 5 rings (SSSR count). The van der Waals surface area contributed by atoms with Gasteiger partial charge in [0, 0.05) is 23.7 Å². The molecule has 166 valence electrons. The average molecular weight is 435 g/mol. The van der Waals surface area contributed by atoms with Gasteiger partial charge in [0.2, 0.25) is 5.91 Å². The smallest absolute Gasteiger partial charge is 0.255 e. The summed E-state index contributed by atoms with van der Waals surface area (Å²) in [5.74, 6) is -0.973. The van der Waals surface area contributed by atoms with Crippen LogP contribution in [0.15, 0.2) is 53.7 Å². The fraction of sp³-hybridized carbons (Fsp3) is 0.400. The second-order valence-electron chi connectivity index (χ2n) is 8.77. The molecule has 0 spiro atoms. The van der Waals surface area contributed by atoms with Crippen molar-refractivity contribution in [1.82, 2.24) is 10.2 Å². The molecule has 2 heterocycles. The summed E-state index contributed by atoms with van der Waals surface area (Å²) in [5.41, 5.74) is 2.57. The first-order valence-corrected chi connectivity index (χ1v) is 11.3. The van der Waals surface area contributed by atoms with E-state index in [1.165, 1.54) is 18.6 Å². The van der Waals surface area contributed by atoms with E-state index >= 15 is 0 Å². The highest BCUT2D eigenvalue weighted by molar-refractivity contribution is 6.13. The number of nitrogens with zero attached hydrogens (tertiary/aromatic N) is 2. The lowest BCUT2D eigenvalue weighted by Crippen LogP contribution is -2.48. The van der Waals surface area contributed by atoms with Crippen LogP contribution in [-0.2, 0) is 9.63 Å². The lowest BCUT2D eigenvalue weighted by molar-refractivity contribution is -0.127. The van der Waals surface area contributed by atoms with Crippen LogP contribution in [0.1, 0.15) is 59.6 Å². The van der Waals surface area contributed by atoms with Crippen molar-refractivity contribution in [3.8, 4) is 0 Å². The highest BCUT2D eigenvalue weighted by Gasteiger charge is 2.41. The molecular formula is C25H26FN3O3. The Hall–Kier alpha value is -3.22. The highest BCUT2D eigenvalue weighted by atomic mass is 19.1. The largest absolute Gasteiger partial charge is 0.395 e. The van der Waals surface area contributed by atoms with Crippen LogP contribution in [0.5, 0.6) is 0 Å². The molecule has 1 fully saturated rings. The lowest BCUT2D eigenvalue weighted by atomic mass is 9.94. The topological polar surface area (TPSA) is 71.0 Å². The number of carbonyl (C=O) groups excluding carboxylic acids is 2. The number of rotatable bonds is 4. The number of fused-ring (bicyclic) bond motifs is 3. The van der Waals surface area contributed by atoms with Crippen LogP contribution in [0.4, 0.5) is 4.39 Å². The third-order valence-electron chi connectivity index (χ3n) is 6.63. The van der Waals surface area contributed by atoms with Crippen LogP contribution in [0.25, 0.3) is 0 Å². The maximum atomic E-state index is 13.7. The molecule has 0 saturated heterocycles. The standard InChI is InChI=1S/C25H26FN3O3/c26-18-12-10-16(11-13-18)23(24(30)27-19-6-2-1-3-7-19)29-14-17-15-32-28-22(17)20-8-4-5-9-21(20)25(29)31/h4-5,8-13,17,19,23H,1-3,6-7,14-15H2,(H,27,30). The maximum Gasteiger partial charge on any atom is 0.255 e. The van der Waals surface area contributed by atoms with Crippen molar-refractivity contribution in [3.05, 3.63) is 71.0 Å². The van der Waals surface area contributed by atoms with E-state index in [1.54, 1.807) is 29.2 Å². The third kappa shape index (κ3) is 3.87. The third-order valence-corrected chi connectivity index (χ3v) is 6.63. The summed E-state index contributed by atoms with van der Waals surface area (Å²) in [6.45, 7) is 0.653. The van der Waals surface area contributed by atoms with Crippen LogP contribution in [-0.4, -0.2) is 41.6 Å². The second-order valence-corrected chi connectivity index (χ2v) is 8.77. The van der Waals surface area contributed by atoms with Gasteiger partial charge in [-0.3, -0.25) is 9.59 Å². The van der Waals surface area contributed by atoms with E-state index in [4.69, 9.17) is 4.84 Å². The predicted octanol–water partition coefficient (Wildman–Crippen LogP) is 3.82. The van der Waals surface area contributed by atoms with Crippen molar-refractivity contribution in [2.24, 2.45) is 11.1 Å². The van der Waals surface area contributed by atoms with E-state index < -0.39 is 6.04 Å². The molecule has 0 bridgehead atoms. The number of carbonyl (C=O) groups is 2. The monoisotopic (exact) mass is 435 g/mol. The lowest BCUT2D eigenvalue weighted by Gasteiger charge is -2.33. The summed E-state index contributed by atoms with van der Waals surface area (Å²) in [7, 11) is 0. The van der Waals surface area contributed by atoms with Gasteiger partial charge in [-0.15, -0.1) is 0 Å². The summed E-state index contributed by atoms with van der Waals surface area (Å²) in [6, 6.07) is 12.4. The van der Waals surface area contributed by atoms with Crippen molar-refractivity contribution < 1.29 is 18.8 Å².